The molecular formula is C19H20ClN3O6S. The monoisotopic (exact) mass is 453 g/mol. The number of hydrogen-bond acceptors (Lipinski definition) is 7. The van der Waals surface area contributed by atoms with E-state index in [9.17, 15) is 9.00 Å². The number of ether oxygens (including phenoxy) is 3. The molecule has 9 nitrogen and oxygen atoms in total. The van der Waals surface area contributed by atoms with E-state index in [-0.39, 0.29) is 23.8 Å². The SMILES string of the molecule is COc1c(Cl)cnc(CS(=O)C(CCOC(=O)O)n2cnc3ccccc32)c1OC. The van der Waals surface area contributed by atoms with Crippen molar-refractivity contribution in [3.63, 3.8) is 0 Å². The van der Waals surface area contributed by atoms with Gasteiger partial charge in [-0.05, 0) is 12.1 Å². The Balaban J connectivity index is 1.94. The second kappa shape index (κ2) is 9.77. The van der Waals surface area contributed by atoms with E-state index in [1.165, 1.54) is 20.4 Å². The number of benzene rings is 1. The largest absolute Gasteiger partial charge is 0.505 e. The van der Waals surface area contributed by atoms with Gasteiger partial charge in [-0.2, -0.15) is 0 Å². The number of rotatable bonds is 9. The number of methoxy groups -OCH3 is 2. The molecule has 2 atom stereocenters. The van der Waals surface area contributed by atoms with Gasteiger partial charge in [-0.3, -0.25) is 9.19 Å². The summed E-state index contributed by atoms with van der Waals surface area (Å²) in [5.74, 6) is 0.635. The van der Waals surface area contributed by atoms with Gasteiger partial charge in [0.05, 0.1) is 60.4 Å². The molecule has 0 aliphatic carbocycles. The second-order valence-electron chi connectivity index (χ2n) is 6.14. The van der Waals surface area contributed by atoms with Gasteiger partial charge in [0.25, 0.3) is 0 Å². The van der Waals surface area contributed by atoms with Crippen LogP contribution in [0.2, 0.25) is 5.02 Å². The molecule has 0 bridgehead atoms. The molecule has 2 heterocycles. The van der Waals surface area contributed by atoms with Crippen LogP contribution in [-0.2, 0) is 21.3 Å². The molecule has 0 spiro atoms. The zero-order valence-corrected chi connectivity index (χ0v) is 17.9. The van der Waals surface area contributed by atoms with Crippen LogP contribution in [0, 0.1) is 0 Å². The van der Waals surface area contributed by atoms with Crippen molar-refractivity contribution in [2.75, 3.05) is 20.8 Å². The fourth-order valence-corrected chi connectivity index (χ4v) is 4.74. The molecular weight excluding hydrogens is 434 g/mol. The van der Waals surface area contributed by atoms with Gasteiger partial charge < -0.3 is 23.9 Å². The summed E-state index contributed by atoms with van der Waals surface area (Å²) in [5.41, 5.74) is 1.92. The van der Waals surface area contributed by atoms with Crippen LogP contribution >= 0.6 is 11.6 Å². The van der Waals surface area contributed by atoms with Crippen molar-refractivity contribution in [2.45, 2.75) is 17.5 Å². The lowest BCUT2D eigenvalue weighted by Crippen LogP contribution is -2.19. The third-order valence-electron chi connectivity index (χ3n) is 4.39. The van der Waals surface area contributed by atoms with E-state index in [4.69, 9.17) is 26.2 Å². The lowest BCUT2D eigenvalue weighted by atomic mass is 10.3. The quantitative estimate of drug-likeness (QED) is 0.488. The smallest absolute Gasteiger partial charge is 0.491 e. The number of imidazole rings is 1. The van der Waals surface area contributed by atoms with Crippen molar-refractivity contribution in [2.24, 2.45) is 0 Å². The van der Waals surface area contributed by atoms with E-state index in [0.717, 1.165) is 11.0 Å². The van der Waals surface area contributed by atoms with Gasteiger partial charge in [-0.1, -0.05) is 23.7 Å². The van der Waals surface area contributed by atoms with E-state index in [0.29, 0.717) is 17.2 Å². The van der Waals surface area contributed by atoms with Crippen LogP contribution in [0.3, 0.4) is 0 Å². The summed E-state index contributed by atoms with van der Waals surface area (Å²) in [6.45, 7) is -0.118. The van der Waals surface area contributed by atoms with Crippen molar-refractivity contribution in [3.8, 4) is 11.5 Å². The average Bonchev–Trinajstić information content (AvgIpc) is 3.15. The van der Waals surface area contributed by atoms with Gasteiger partial charge in [0, 0.05) is 12.6 Å². The Bertz CT molecular complexity index is 1070. The summed E-state index contributed by atoms with van der Waals surface area (Å²) in [6.07, 6.45) is 1.79. The maximum Gasteiger partial charge on any atom is 0.505 e. The highest BCUT2D eigenvalue weighted by atomic mass is 35.5. The number of aromatic nitrogens is 3. The Labute approximate surface area is 180 Å². The maximum atomic E-state index is 13.4. The molecule has 0 saturated heterocycles. The topological polar surface area (TPSA) is 113 Å². The predicted octanol–water partition coefficient (Wildman–Crippen LogP) is 3.63. The first-order chi connectivity index (χ1) is 14.5. The highest BCUT2D eigenvalue weighted by molar-refractivity contribution is 7.84. The Kier molecular flexibility index (Phi) is 7.11. The lowest BCUT2D eigenvalue weighted by Gasteiger charge is -2.20. The van der Waals surface area contributed by atoms with E-state index in [2.05, 4.69) is 14.7 Å². The van der Waals surface area contributed by atoms with Gasteiger partial charge in [-0.15, -0.1) is 0 Å². The molecule has 0 aliphatic heterocycles. The zero-order chi connectivity index (χ0) is 21.7. The summed E-state index contributed by atoms with van der Waals surface area (Å²) in [7, 11) is 1.37. The van der Waals surface area contributed by atoms with E-state index >= 15 is 0 Å². The van der Waals surface area contributed by atoms with Crippen molar-refractivity contribution in [1.29, 1.82) is 0 Å². The van der Waals surface area contributed by atoms with Crippen LogP contribution in [-0.4, -0.2) is 50.8 Å². The molecule has 160 valence electrons. The van der Waals surface area contributed by atoms with Gasteiger partial charge in [0.15, 0.2) is 11.5 Å². The van der Waals surface area contributed by atoms with E-state index < -0.39 is 22.3 Å². The molecule has 1 N–H and O–H groups in total. The Morgan fingerprint density at radius 3 is 2.67 bits per heavy atom. The summed E-state index contributed by atoms with van der Waals surface area (Å²) < 4.78 is 30.4. The minimum Gasteiger partial charge on any atom is -0.491 e. The summed E-state index contributed by atoms with van der Waals surface area (Å²) >= 11 is 6.10. The minimum absolute atomic E-state index is 0.0287. The van der Waals surface area contributed by atoms with Gasteiger partial charge in [0.2, 0.25) is 0 Å². The standard InChI is InChI=1S/C19H20ClN3O6S/c1-27-17-12(20)9-21-14(18(17)28-2)10-30(26)16(7-8-29-19(24)25)23-11-22-13-5-3-4-6-15(13)23/h3-6,9,11,16H,7-8,10H2,1-2H3,(H,24,25). The number of carbonyl (C=O) groups is 1. The molecule has 2 aromatic heterocycles. The van der Waals surface area contributed by atoms with Crippen molar-refractivity contribution >= 4 is 39.6 Å². The molecule has 0 saturated carbocycles. The number of pyridine rings is 1. The minimum atomic E-state index is -1.53. The molecule has 3 aromatic rings. The normalized spacial score (nSPS) is 13.0. The second-order valence-corrected chi connectivity index (χ2v) is 8.14. The lowest BCUT2D eigenvalue weighted by molar-refractivity contribution is 0.0892. The average molecular weight is 454 g/mol. The van der Waals surface area contributed by atoms with Crippen LogP contribution in [0.4, 0.5) is 4.79 Å². The summed E-state index contributed by atoms with van der Waals surface area (Å²) in [6, 6.07) is 7.40. The molecule has 0 amide bonds. The number of hydrogen-bond donors (Lipinski definition) is 1. The molecule has 0 radical (unpaired) electrons. The van der Waals surface area contributed by atoms with Crippen LogP contribution in [0.1, 0.15) is 17.5 Å². The number of nitrogens with zero attached hydrogens (tertiary/aromatic N) is 3. The van der Waals surface area contributed by atoms with Crippen molar-refractivity contribution < 1.29 is 28.3 Å². The Morgan fingerprint density at radius 2 is 1.97 bits per heavy atom. The molecule has 3 rings (SSSR count). The fraction of sp³-hybridized carbons (Fsp3) is 0.316. The third-order valence-corrected chi connectivity index (χ3v) is 6.29. The fourth-order valence-electron chi connectivity index (χ4n) is 3.08. The third kappa shape index (κ3) is 4.65. The maximum absolute atomic E-state index is 13.4. The first-order valence-electron chi connectivity index (χ1n) is 8.86. The molecule has 30 heavy (non-hydrogen) atoms. The van der Waals surface area contributed by atoms with Crippen LogP contribution in [0.15, 0.2) is 36.8 Å². The predicted molar refractivity (Wildman–Crippen MR) is 112 cm³/mol. The highest BCUT2D eigenvalue weighted by Crippen LogP contribution is 2.37. The summed E-state index contributed by atoms with van der Waals surface area (Å²) in [4.78, 5) is 19.3. The highest BCUT2D eigenvalue weighted by Gasteiger charge is 2.25. The molecule has 11 heteroatoms. The van der Waals surface area contributed by atoms with E-state index in [1.54, 1.807) is 10.9 Å². The van der Waals surface area contributed by atoms with Gasteiger partial charge >= 0.3 is 6.16 Å². The number of fused-ring (bicyclic) bond motifs is 1. The van der Waals surface area contributed by atoms with Crippen LogP contribution < -0.4 is 9.47 Å². The van der Waals surface area contributed by atoms with Gasteiger partial charge in [0.1, 0.15) is 10.4 Å². The van der Waals surface area contributed by atoms with Gasteiger partial charge in [-0.25, -0.2) is 9.78 Å². The number of halogens is 1. The molecule has 0 aliphatic rings. The molecule has 2 unspecified atom stereocenters. The van der Waals surface area contributed by atoms with Crippen molar-refractivity contribution in [3.05, 3.63) is 47.5 Å². The van der Waals surface area contributed by atoms with Crippen molar-refractivity contribution in [1.82, 2.24) is 14.5 Å². The summed E-state index contributed by atoms with van der Waals surface area (Å²) in [5, 5.41) is 8.45. The molecule has 1 aromatic carbocycles. The molecule has 0 fully saturated rings. The zero-order valence-electron chi connectivity index (χ0n) is 16.3. The van der Waals surface area contributed by atoms with Crippen LogP contribution in [0.25, 0.3) is 11.0 Å². The number of carboxylic acid groups (broad SMARTS) is 1. The Hall–Kier alpha value is -2.85. The van der Waals surface area contributed by atoms with E-state index in [1.807, 2.05) is 24.3 Å². The number of para-hydroxylation sites is 2. The van der Waals surface area contributed by atoms with Crippen LogP contribution in [0.5, 0.6) is 11.5 Å². The Morgan fingerprint density at radius 1 is 1.23 bits per heavy atom. The first kappa shape index (κ1) is 21.8. The first-order valence-corrected chi connectivity index (χ1v) is 10.6.